The second-order valence-corrected chi connectivity index (χ2v) is 8.97. The maximum absolute atomic E-state index is 12.0. The van der Waals surface area contributed by atoms with Gasteiger partial charge in [-0.3, -0.25) is 4.90 Å². The summed E-state index contributed by atoms with van der Waals surface area (Å²) in [7, 11) is -3.89. The van der Waals surface area contributed by atoms with E-state index in [9.17, 15) is 13.2 Å². The first-order valence-electron chi connectivity index (χ1n) is 8.40. The third-order valence-electron chi connectivity index (χ3n) is 4.50. The normalized spacial score (nSPS) is 15.2. The summed E-state index contributed by atoms with van der Waals surface area (Å²) in [6.45, 7) is 7.44. The molecule has 1 aliphatic heterocycles. The molecule has 2 aromatic rings. The molecule has 1 fully saturated rings. The molecule has 3 rings (SSSR count). The highest BCUT2D eigenvalue weighted by molar-refractivity contribution is 7.89. The lowest BCUT2D eigenvalue weighted by Gasteiger charge is -2.20. The standard InChI is InChI=1S/C19H23N3O3S/c1-19(2,3)14-6-4-13(5-7-14)16-12-15(22-11-10-21-18(22)23)8-9-17(16)26(20,24)25/h4-9,12H,10-11H2,1-3H3,(H,21,23)(H2,20,24,25). The van der Waals surface area contributed by atoms with Crippen molar-refractivity contribution in [3.05, 3.63) is 48.0 Å². The molecular weight excluding hydrogens is 350 g/mol. The molecule has 26 heavy (non-hydrogen) atoms. The van der Waals surface area contributed by atoms with Crippen LogP contribution in [-0.4, -0.2) is 27.5 Å². The molecule has 138 valence electrons. The van der Waals surface area contributed by atoms with Crippen LogP contribution in [0.25, 0.3) is 11.1 Å². The van der Waals surface area contributed by atoms with Gasteiger partial charge in [0, 0.05) is 24.3 Å². The molecular formula is C19H23N3O3S. The van der Waals surface area contributed by atoms with Crippen LogP contribution in [0.5, 0.6) is 0 Å². The van der Waals surface area contributed by atoms with Crippen LogP contribution < -0.4 is 15.4 Å². The van der Waals surface area contributed by atoms with Crippen molar-refractivity contribution < 1.29 is 13.2 Å². The lowest BCUT2D eigenvalue weighted by Crippen LogP contribution is -2.27. The predicted octanol–water partition coefficient (Wildman–Crippen LogP) is 2.83. The molecule has 1 heterocycles. The zero-order chi connectivity index (χ0) is 19.1. The van der Waals surface area contributed by atoms with E-state index in [-0.39, 0.29) is 16.3 Å². The Morgan fingerprint density at radius 2 is 1.73 bits per heavy atom. The van der Waals surface area contributed by atoms with Gasteiger partial charge in [-0.2, -0.15) is 0 Å². The van der Waals surface area contributed by atoms with Crippen molar-refractivity contribution in [2.75, 3.05) is 18.0 Å². The van der Waals surface area contributed by atoms with E-state index in [4.69, 9.17) is 5.14 Å². The van der Waals surface area contributed by atoms with Crippen molar-refractivity contribution in [3.8, 4) is 11.1 Å². The van der Waals surface area contributed by atoms with Gasteiger partial charge in [0.1, 0.15) is 0 Å². The fourth-order valence-corrected chi connectivity index (χ4v) is 3.77. The predicted molar refractivity (Wildman–Crippen MR) is 103 cm³/mol. The van der Waals surface area contributed by atoms with E-state index >= 15 is 0 Å². The monoisotopic (exact) mass is 373 g/mol. The van der Waals surface area contributed by atoms with E-state index in [1.54, 1.807) is 17.0 Å². The lowest BCUT2D eigenvalue weighted by molar-refractivity contribution is 0.252. The Morgan fingerprint density at radius 3 is 2.23 bits per heavy atom. The van der Waals surface area contributed by atoms with Crippen molar-refractivity contribution in [3.63, 3.8) is 0 Å². The maximum atomic E-state index is 12.0. The molecule has 1 saturated heterocycles. The Kier molecular flexibility index (Phi) is 4.54. The molecule has 0 unspecified atom stereocenters. The van der Waals surface area contributed by atoms with E-state index in [2.05, 4.69) is 26.1 Å². The number of nitrogens with one attached hydrogen (secondary N) is 1. The molecule has 0 atom stereocenters. The van der Waals surface area contributed by atoms with Gasteiger partial charge >= 0.3 is 6.03 Å². The summed E-state index contributed by atoms with van der Waals surface area (Å²) < 4.78 is 24.1. The number of hydrogen-bond acceptors (Lipinski definition) is 3. The molecule has 3 N–H and O–H groups in total. The Balaban J connectivity index is 2.12. The third kappa shape index (κ3) is 3.59. The van der Waals surface area contributed by atoms with E-state index < -0.39 is 10.0 Å². The van der Waals surface area contributed by atoms with Crippen LogP contribution in [0.4, 0.5) is 10.5 Å². The minimum atomic E-state index is -3.89. The SMILES string of the molecule is CC(C)(C)c1ccc(-c2cc(N3CCNC3=O)ccc2S(N)(=O)=O)cc1. The fourth-order valence-electron chi connectivity index (χ4n) is 3.03. The number of carbonyl (C=O) groups is 1. The molecule has 0 aliphatic carbocycles. The second kappa shape index (κ2) is 6.41. The maximum Gasteiger partial charge on any atom is 0.321 e. The number of carbonyl (C=O) groups excluding carboxylic acids is 1. The van der Waals surface area contributed by atoms with E-state index in [1.807, 2.05) is 24.3 Å². The van der Waals surface area contributed by atoms with Crippen molar-refractivity contribution in [1.82, 2.24) is 5.32 Å². The van der Waals surface area contributed by atoms with Crippen LogP contribution in [0, 0.1) is 0 Å². The van der Waals surface area contributed by atoms with Crippen molar-refractivity contribution in [2.45, 2.75) is 31.1 Å². The summed E-state index contributed by atoms with van der Waals surface area (Å²) >= 11 is 0. The third-order valence-corrected chi connectivity index (χ3v) is 5.47. The van der Waals surface area contributed by atoms with Gasteiger partial charge in [0.15, 0.2) is 0 Å². The van der Waals surface area contributed by atoms with Gasteiger partial charge in [-0.15, -0.1) is 0 Å². The molecule has 6 nitrogen and oxygen atoms in total. The van der Waals surface area contributed by atoms with Gasteiger partial charge in [-0.25, -0.2) is 18.4 Å². The minimum absolute atomic E-state index is 0.00318. The number of benzene rings is 2. The number of nitrogens with zero attached hydrogens (tertiary/aromatic N) is 1. The highest BCUT2D eigenvalue weighted by Crippen LogP contribution is 2.33. The number of hydrogen-bond donors (Lipinski definition) is 2. The number of sulfonamides is 1. The molecule has 2 aromatic carbocycles. The van der Waals surface area contributed by atoms with Crippen molar-refractivity contribution >= 4 is 21.7 Å². The highest BCUT2D eigenvalue weighted by atomic mass is 32.2. The van der Waals surface area contributed by atoms with Gasteiger partial charge in [0.2, 0.25) is 10.0 Å². The van der Waals surface area contributed by atoms with Crippen LogP contribution in [0.1, 0.15) is 26.3 Å². The topological polar surface area (TPSA) is 92.5 Å². The van der Waals surface area contributed by atoms with Gasteiger partial charge < -0.3 is 5.32 Å². The Hall–Kier alpha value is -2.38. The zero-order valence-electron chi connectivity index (χ0n) is 15.1. The summed E-state index contributed by atoms with van der Waals surface area (Å²) in [4.78, 5) is 13.6. The summed E-state index contributed by atoms with van der Waals surface area (Å²) in [5.74, 6) is 0. The van der Waals surface area contributed by atoms with E-state index in [0.717, 1.165) is 11.1 Å². The summed E-state index contributed by atoms with van der Waals surface area (Å²) in [6.07, 6.45) is 0. The molecule has 7 heteroatoms. The zero-order valence-corrected chi connectivity index (χ0v) is 15.9. The lowest BCUT2D eigenvalue weighted by atomic mass is 9.86. The van der Waals surface area contributed by atoms with Gasteiger partial charge in [-0.05, 0) is 34.7 Å². The quantitative estimate of drug-likeness (QED) is 0.866. The fraction of sp³-hybridized carbons (Fsp3) is 0.316. The van der Waals surface area contributed by atoms with Crippen LogP contribution in [0.15, 0.2) is 47.4 Å². The van der Waals surface area contributed by atoms with Gasteiger partial charge in [0.05, 0.1) is 4.90 Å². The number of nitrogens with two attached hydrogens (primary N) is 1. The van der Waals surface area contributed by atoms with E-state index in [1.165, 1.54) is 6.07 Å². The first kappa shape index (κ1) is 18.4. The molecule has 1 aliphatic rings. The molecule has 0 aromatic heterocycles. The summed E-state index contributed by atoms with van der Waals surface area (Å²) in [6, 6.07) is 12.3. The first-order valence-corrected chi connectivity index (χ1v) is 9.95. The molecule has 0 radical (unpaired) electrons. The number of urea groups is 1. The number of amides is 2. The average Bonchev–Trinajstić information content (AvgIpc) is 2.99. The van der Waals surface area contributed by atoms with Crippen LogP contribution >= 0.6 is 0 Å². The minimum Gasteiger partial charge on any atom is -0.336 e. The average molecular weight is 373 g/mol. The van der Waals surface area contributed by atoms with Crippen LogP contribution in [0.3, 0.4) is 0 Å². The molecule has 2 amide bonds. The second-order valence-electron chi connectivity index (χ2n) is 7.44. The number of anilines is 1. The molecule has 0 spiro atoms. The van der Waals surface area contributed by atoms with Crippen LogP contribution in [-0.2, 0) is 15.4 Å². The first-order chi connectivity index (χ1) is 12.1. The molecule has 0 saturated carbocycles. The van der Waals surface area contributed by atoms with Gasteiger partial charge in [0.25, 0.3) is 0 Å². The molecule has 0 bridgehead atoms. The van der Waals surface area contributed by atoms with Gasteiger partial charge in [-0.1, -0.05) is 45.0 Å². The Labute approximate surface area is 154 Å². The number of primary sulfonamides is 1. The van der Waals surface area contributed by atoms with Crippen LogP contribution in [0.2, 0.25) is 0 Å². The largest absolute Gasteiger partial charge is 0.336 e. The number of rotatable bonds is 3. The smallest absolute Gasteiger partial charge is 0.321 e. The highest BCUT2D eigenvalue weighted by Gasteiger charge is 2.24. The van der Waals surface area contributed by atoms with E-state index in [0.29, 0.717) is 24.3 Å². The van der Waals surface area contributed by atoms with Crippen molar-refractivity contribution in [1.29, 1.82) is 0 Å². The van der Waals surface area contributed by atoms with Crippen molar-refractivity contribution in [2.24, 2.45) is 5.14 Å². The summed E-state index contributed by atoms with van der Waals surface area (Å²) in [5.41, 5.74) is 3.01. The summed E-state index contributed by atoms with van der Waals surface area (Å²) in [5, 5.41) is 8.14. The Morgan fingerprint density at radius 1 is 1.08 bits per heavy atom. The Bertz CT molecular complexity index is 945.